The second kappa shape index (κ2) is 10.7. The fourth-order valence-electron chi connectivity index (χ4n) is 2.71. The van der Waals surface area contributed by atoms with Gasteiger partial charge >= 0.3 is 12.1 Å². The van der Waals surface area contributed by atoms with Crippen LogP contribution in [0.5, 0.6) is 11.5 Å². The molecule has 0 fully saturated rings. The minimum Gasteiger partial charge on any atom is -0.496 e. The van der Waals surface area contributed by atoms with Gasteiger partial charge in [-0.05, 0) is 72.6 Å². The highest BCUT2D eigenvalue weighted by atomic mass is 79.9. The molecule has 2 aromatic rings. The largest absolute Gasteiger partial charge is 0.496 e. The zero-order chi connectivity index (χ0) is 23.2. The summed E-state index contributed by atoms with van der Waals surface area (Å²) in [4.78, 5) is 23.6. The number of carboxylic acids is 1. The quantitative estimate of drug-likeness (QED) is 0.502. The lowest BCUT2D eigenvalue weighted by molar-refractivity contribution is -0.139. The molecule has 9 heteroatoms. The summed E-state index contributed by atoms with van der Waals surface area (Å²) in [7, 11) is 1.54. The smallest absolute Gasteiger partial charge is 0.408 e. The summed E-state index contributed by atoms with van der Waals surface area (Å²) in [5, 5.41) is 12.5. The van der Waals surface area contributed by atoms with E-state index in [-0.39, 0.29) is 13.0 Å². The molecule has 2 N–H and O–H groups in total. The van der Waals surface area contributed by atoms with E-state index in [4.69, 9.17) is 25.8 Å². The van der Waals surface area contributed by atoms with Crippen molar-refractivity contribution in [2.24, 2.45) is 0 Å². The molecule has 1 amide bonds. The lowest BCUT2D eigenvalue weighted by atomic mass is 10.0. The minimum absolute atomic E-state index is 0.0657. The standard InChI is InChI=1S/C22H25BrClNO6/c1-22(2,3)31-21(28)25-17(20(26)27)10-13-5-7-18(29-4)14(9-13)12-30-19-8-6-15(24)11-16(19)23/h5-9,11,17H,10,12H2,1-4H3,(H,25,28)(H,26,27). The first kappa shape index (κ1) is 24.8. The molecule has 0 spiro atoms. The fourth-order valence-corrected chi connectivity index (χ4v) is 3.50. The van der Waals surface area contributed by atoms with Gasteiger partial charge in [-0.3, -0.25) is 0 Å². The van der Waals surface area contributed by atoms with Crippen LogP contribution in [-0.4, -0.2) is 35.9 Å². The first-order chi connectivity index (χ1) is 14.5. The predicted octanol–water partition coefficient (Wildman–Crippen LogP) is 5.21. The number of hydrogen-bond donors (Lipinski definition) is 2. The minimum atomic E-state index is -1.16. The molecule has 0 saturated carbocycles. The highest BCUT2D eigenvalue weighted by Gasteiger charge is 2.24. The Bertz CT molecular complexity index is 944. The number of carbonyl (C=O) groups excluding carboxylic acids is 1. The lowest BCUT2D eigenvalue weighted by Gasteiger charge is -2.22. The second-order valence-electron chi connectivity index (χ2n) is 7.75. The number of nitrogens with one attached hydrogen (secondary N) is 1. The summed E-state index contributed by atoms with van der Waals surface area (Å²) in [5.74, 6) is 0.0391. The van der Waals surface area contributed by atoms with Gasteiger partial charge in [0.25, 0.3) is 0 Å². The molecule has 0 aliphatic rings. The molecule has 2 rings (SSSR count). The lowest BCUT2D eigenvalue weighted by Crippen LogP contribution is -2.44. The Morgan fingerprint density at radius 2 is 1.84 bits per heavy atom. The van der Waals surface area contributed by atoms with Crippen LogP contribution in [0.25, 0.3) is 0 Å². The van der Waals surface area contributed by atoms with Gasteiger partial charge < -0.3 is 24.6 Å². The summed E-state index contributed by atoms with van der Waals surface area (Å²) in [6.07, 6.45) is -0.722. The first-order valence-electron chi connectivity index (χ1n) is 9.44. The number of halogens is 2. The number of amides is 1. The van der Waals surface area contributed by atoms with Gasteiger partial charge in [-0.25, -0.2) is 9.59 Å². The summed E-state index contributed by atoms with van der Waals surface area (Å²) in [6, 6.07) is 9.30. The molecule has 0 aliphatic carbocycles. The molecule has 0 heterocycles. The van der Waals surface area contributed by atoms with Crippen molar-refractivity contribution in [1.82, 2.24) is 5.32 Å². The van der Waals surface area contributed by atoms with Crippen molar-refractivity contribution >= 4 is 39.6 Å². The average molecular weight is 515 g/mol. The van der Waals surface area contributed by atoms with Crippen LogP contribution in [0.15, 0.2) is 40.9 Å². The number of alkyl carbamates (subject to hydrolysis) is 1. The Labute approximate surface area is 194 Å². The number of carboxylic acid groups (broad SMARTS) is 1. The van der Waals surface area contributed by atoms with Gasteiger partial charge in [0, 0.05) is 17.0 Å². The Balaban J connectivity index is 2.15. The van der Waals surface area contributed by atoms with E-state index < -0.39 is 23.7 Å². The molecule has 31 heavy (non-hydrogen) atoms. The molecule has 2 aromatic carbocycles. The summed E-state index contributed by atoms with van der Waals surface area (Å²) >= 11 is 9.36. The van der Waals surface area contributed by atoms with Crippen LogP contribution in [0.3, 0.4) is 0 Å². The zero-order valence-corrected chi connectivity index (χ0v) is 20.0. The maximum absolute atomic E-state index is 12.0. The third kappa shape index (κ3) is 7.95. The van der Waals surface area contributed by atoms with Gasteiger partial charge in [0.05, 0.1) is 11.6 Å². The molecule has 0 aromatic heterocycles. The van der Waals surface area contributed by atoms with E-state index in [0.29, 0.717) is 26.6 Å². The number of rotatable bonds is 8. The number of benzene rings is 2. The summed E-state index contributed by atoms with van der Waals surface area (Å²) in [6.45, 7) is 5.31. The van der Waals surface area contributed by atoms with E-state index in [1.807, 2.05) is 0 Å². The summed E-state index contributed by atoms with van der Waals surface area (Å²) < 4.78 is 17.1. The molecule has 0 saturated heterocycles. The Morgan fingerprint density at radius 3 is 2.42 bits per heavy atom. The molecule has 1 unspecified atom stereocenters. The van der Waals surface area contributed by atoms with Crippen LogP contribution in [0, 0.1) is 0 Å². The van der Waals surface area contributed by atoms with Crippen LogP contribution < -0.4 is 14.8 Å². The average Bonchev–Trinajstić information content (AvgIpc) is 2.65. The molecule has 168 valence electrons. The first-order valence-corrected chi connectivity index (χ1v) is 10.6. The molecule has 0 radical (unpaired) electrons. The normalized spacial score (nSPS) is 12.1. The molecular weight excluding hydrogens is 490 g/mol. The highest BCUT2D eigenvalue weighted by molar-refractivity contribution is 9.10. The molecular formula is C22H25BrClNO6. The monoisotopic (exact) mass is 513 g/mol. The maximum Gasteiger partial charge on any atom is 0.408 e. The van der Waals surface area contributed by atoms with Crippen molar-refractivity contribution in [3.63, 3.8) is 0 Å². The number of ether oxygens (including phenoxy) is 3. The molecule has 0 aliphatic heterocycles. The van der Waals surface area contributed by atoms with Crippen LogP contribution in [0.1, 0.15) is 31.9 Å². The van der Waals surface area contributed by atoms with Crippen molar-refractivity contribution < 1.29 is 28.9 Å². The molecule has 1 atom stereocenters. The summed E-state index contributed by atoms with van der Waals surface area (Å²) in [5.41, 5.74) is 0.689. The van der Waals surface area contributed by atoms with Crippen molar-refractivity contribution in [2.75, 3.05) is 7.11 Å². The Morgan fingerprint density at radius 1 is 1.16 bits per heavy atom. The van der Waals surface area contributed by atoms with Gasteiger partial charge in [-0.1, -0.05) is 17.7 Å². The fraction of sp³-hybridized carbons (Fsp3) is 0.364. The highest BCUT2D eigenvalue weighted by Crippen LogP contribution is 2.30. The van der Waals surface area contributed by atoms with E-state index in [0.717, 1.165) is 5.56 Å². The third-order valence-corrected chi connectivity index (χ3v) is 4.91. The van der Waals surface area contributed by atoms with Gasteiger partial charge in [-0.2, -0.15) is 0 Å². The van der Waals surface area contributed by atoms with Gasteiger partial charge in [0.15, 0.2) is 0 Å². The van der Waals surface area contributed by atoms with E-state index in [2.05, 4.69) is 21.2 Å². The number of aliphatic carboxylic acids is 1. The predicted molar refractivity (Wildman–Crippen MR) is 121 cm³/mol. The van der Waals surface area contributed by atoms with Crippen LogP contribution in [0.4, 0.5) is 4.79 Å². The third-order valence-electron chi connectivity index (χ3n) is 4.05. The van der Waals surface area contributed by atoms with Crippen molar-refractivity contribution in [3.05, 3.63) is 57.0 Å². The molecule has 0 bridgehead atoms. The van der Waals surface area contributed by atoms with Crippen LogP contribution >= 0.6 is 27.5 Å². The van der Waals surface area contributed by atoms with E-state index >= 15 is 0 Å². The van der Waals surface area contributed by atoms with Crippen molar-refractivity contribution in [2.45, 2.75) is 45.4 Å². The van der Waals surface area contributed by atoms with E-state index in [1.54, 1.807) is 64.3 Å². The Hall–Kier alpha value is -2.45. The van der Waals surface area contributed by atoms with Crippen molar-refractivity contribution in [1.29, 1.82) is 0 Å². The number of methoxy groups -OCH3 is 1. The van der Waals surface area contributed by atoms with Gasteiger partial charge in [0.1, 0.15) is 29.7 Å². The van der Waals surface area contributed by atoms with Gasteiger partial charge in [0.2, 0.25) is 0 Å². The van der Waals surface area contributed by atoms with Crippen LogP contribution in [0.2, 0.25) is 5.02 Å². The van der Waals surface area contributed by atoms with Crippen LogP contribution in [-0.2, 0) is 22.6 Å². The second-order valence-corrected chi connectivity index (χ2v) is 9.04. The topological polar surface area (TPSA) is 94.1 Å². The maximum atomic E-state index is 12.0. The van der Waals surface area contributed by atoms with E-state index in [9.17, 15) is 14.7 Å². The van der Waals surface area contributed by atoms with Crippen molar-refractivity contribution in [3.8, 4) is 11.5 Å². The Kier molecular flexibility index (Phi) is 8.59. The van der Waals surface area contributed by atoms with E-state index in [1.165, 1.54) is 0 Å². The van der Waals surface area contributed by atoms with Gasteiger partial charge in [-0.15, -0.1) is 0 Å². The zero-order valence-electron chi connectivity index (χ0n) is 17.7. The number of hydrogen-bond acceptors (Lipinski definition) is 5. The number of carbonyl (C=O) groups is 2. The SMILES string of the molecule is COc1ccc(CC(NC(=O)OC(C)(C)C)C(=O)O)cc1COc1ccc(Cl)cc1Br. The molecule has 7 nitrogen and oxygen atoms in total.